The molecule has 0 spiro atoms. The monoisotopic (exact) mass is 526 g/mol. The third-order valence-corrected chi connectivity index (χ3v) is 9.54. The lowest BCUT2D eigenvalue weighted by Gasteiger charge is -2.36. The van der Waals surface area contributed by atoms with Gasteiger partial charge in [0.25, 0.3) is 0 Å². The van der Waals surface area contributed by atoms with Gasteiger partial charge in [-0.2, -0.15) is 5.10 Å². The SMILES string of the molecule is CCN1CCC(c2cc(-c3ccc(-c4cc5ncccn5n4)cc3)sc2C(=O)O)=C(C2CCC(C)CC2)C1. The van der Waals surface area contributed by atoms with Gasteiger partial charge in [-0.15, -0.1) is 11.3 Å². The summed E-state index contributed by atoms with van der Waals surface area (Å²) < 4.78 is 1.77. The molecule has 1 saturated carbocycles. The molecule has 0 amide bonds. The molecule has 6 nitrogen and oxygen atoms in total. The first-order valence-electron chi connectivity index (χ1n) is 13.7. The standard InChI is InChI=1S/C31H34N4O2S/c1-3-34-16-13-24(26(19-34)21-7-5-20(2)6-8-21)25-17-28(38-30(25)31(36)37)23-11-9-22(10-12-23)27-18-29-32-14-4-15-35(29)33-27/h4,9-12,14-15,17-18,20-21H,3,5-8,13,16,19H2,1-2H3,(H,36,37). The fraction of sp³-hybridized carbons (Fsp3) is 0.387. The number of fused-ring (bicyclic) bond motifs is 1. The predicted octanol–water partition coefficient (Wildman–Crippen LogP) is 7.13. The molecule has 1 aromatic carbocycles. The van der Waals surface area contributed by atoms with Crippen LogP contribution in [0.4, 0.5) is 0 Å². The van der Waals surface area contributed by atoms with E-state index in [2.05, 4.69) is 59.2 Å². The maximum atomic E-state index is 12.4. The molecule has 2 aliphatic rings. The highest BCUT2D eigenvalue weighted by Crippen LogP contribution is 2.43. The average Bonchev–Trinajstić information content (AvgIpc) is 3.59. The van der Waals surface area contributed by atoms with Crippen molar-refractivity contribution in [3.63, 3.8) is 0 Å². The van der Waals surface area contributed by atoms with E-state index in [4.69, 9.17) is 0 Å². The quantitative estimate of drug-likeness (QED) is 0.289. The van der Waals surface area contributed by atoms with Crippen LogP contribution in [0.25, 0.3) is 32.9 Å². The lowest BCUT2D eigenvalue weighted by atomic mass is 9.75. The third-order valence-electron chi connectivity index (χ3n) is 8.37. The van der Waals surface area contributed by atoms with Crippen LogP contribution in [-0.4, -0.2) is 50.2 Å². The molecule has 1 N–H and O–H groups in total. The summed E-state index contributed by atoms with van der Waals surface area (Å²) in [5.41, 5.74) is 7.46. The summed E-state index contributed by atoms with van der Waals surface area (Å²) >= 11 is 1.40. The van der Waals surface area contributed by atoms with Crippen LogP contribution in [0.5, 0.6) is 0 Å². The van der Waals surface area contributed by atoms with Crippen molar-refractivity contribution in [1.82, 2.24) is 19.5 Å². The minimum atomic E-state index is -0.827. The molecule has 0 unspecified atom stereocenters. The van der Waals surface area contributed by atoms with E-state index in [1.807, 2.05) is 18.3 Å². The molecule has 0 radical (unpaired) electrons. The van der Waals surface area contributed by atoms with Gasteiger partial charge in [0.05, 0.1) is 5.69 Å². The zero-order chi connectivity index (χ0) is 26.2. The Morgan fingerprint density at radius 2 is 1.87 bits per heavy atom. The van der Waals surface area contributed by atoms with E-state index in [1.54, 1.807) is 10.7 Å². The van der Waals surface area contributed by atoms with Crippen molar-refractivity contribution in [3.8, 4) is 21.7 Å². The molecule has 7 heteroatoms. The van der Waals surface area contributed by atoms with Crippen molar-refractivity contribution in [1.29, 1.82) is 0 Å². The lowest BCUT2D eigenvalue weighted by Crippen LogP contribution is -2.34. The van der Waals surface area contributed by atoms with Crippen LogP contribution in [0.15, 0.2) is 60.4 Å². The smallest absolute Gasteiger partial charge is 0.346 e. The van der Waals surface area contributed by atoms with E-state index in [0.29, 0.717) is 10.8 Å². The zero-order valence-electron chi connectivity index (χ0n) is 22.1. The fourth-order valence-electron chi connectivity index (χ4n) is 6.10. The predicted molar refractivity (Wildman–Crippen MR) is 153 cm³/mol. The van der Waals surface area contributed by atoms with Gasteiger partial charge in [-0.1, -0.05) is 51.0 Å². The molecule has 3 aromatic heterocycles. The van der Waals surface area contributed by atoms with E-state index in [1.165, 1.54) is 48.2 Å². The van der Waals surface area contributed by atoms with Gasteiger partial charge in [0.2, 0.25) is 0 Å². The van der Waals surface area contributed by atoms with E-state index < -0.39 is 5.97 Å². The van der Waals surface area contributed by atoms with Gasteiger partial charge >= 0.3 is 5.97 Å². The third kappa shape index (κ3) is 4.81. The van der Waals surface area contributed by atoms with Crippen LogP contribution in [0.3, 0.4) is 0 Å². The number of hydrogen-bond acceptors (Lipinski definition) is 5. The number of thiophene rings is 1. The molecule has 0 atom stereocenters. The minimum Gasteiger partial charge on any atom is -0.477 e. The molecular weight excluding hydrogens is 492 g/mol. The second kappa shape index (κ2) is 10.5. The van der Waals surface area contributed by atoms with Gasteiger partial charge in [0.15, 0.2) is 5.65 Å². The molecule has 38 heavy (non-hydrogen) atoms. The molecule has 4 aromatic rings. The molecule has 1 aliphatic carbocycles. The molecule has 0 saturated heterocycles. The summed E-state index contributed by atoms with van der Waals surface area (Å²) in [5, 5.41) is 14.8. The Bertz CT molecular complexity index is 1460. The Hall–Kier alpha value is -3.29. The van der Waals surface area contributed by atoms with Crippen molar-refractivity contribution in [3.05, 3.63) is 70.9 Å². The molecule has 196 valence electrons. The van der Waals surface area contributed by atoms with E-state index in [-0.39, 0.29) is 0 Å². The topological polar surface area (TPSA) is 70.7 Å². The first kappa shape index (κ1) is 25.0. The first-order valence-corrected chi connectivity index (χ1v) is 14.5. The molecule has 6 rings (SSSR count). The Labute approximate surface area is 227 Å². The number of aromatic nitrogens is 3. The fourth-order valence-corrected chi connectivity index (χ4v) is 7.13. The Balaban J connectivity index is 1.36. The largest absolute Gasteiger partial charge is 0.477 e. The number of carboxylic acids is 1. The molecular formula is C31H34N4O2S. The van der Waals surface area contributed by atoms with Gasteiger partial charge in [-0.3, -0.25) is 4.90 Å². The Morgan fingerprint density at radius 1 is 1.11 bits per heavy atom. The van der Waals surface area contributed by atoms with Gasteiger partial charge in [-0.25, -0.2) is 14.3 Å². The number of carboxylic acid groups (broad SMARTS) is 1. The van der Waals surface area contributed by atoms with Gasteiger partial charge in [0, 0.05) is 47.6 Å². The van der Waals surface area contributed by atoms with Crippen molar-refractivity contribution < 1.29 is 9.90 Å². The first-order chi connectivity index (χ1) is 18.5. The molecule has 1 aliphatic heterocycles. The lowest BCUT2D eigenvalue weighted by molar-refractivity contribution is 0.0702. The average molecular weight is 527 g/mol. The normalized spacial score (nSPS) is 20.8. The number of benzene rings is 1. The van der Waals surface area contributed by atoms with Crippen LogP contribution in [0, 0.1) is 11.8 Å². The number of likely N-dealkylation sites (N-methyl/N-ethyl adjacent to an activating group) is 1. The summed E-state index contributed by atoms with van der Waals surface area (Å²) in [7, 11) is 0. The number of aromatic carboxylic acids is 1. The van der Waals surface area contributed by atoms with E-state index >= 15 is 0 Å². The minimum absolute atomic E-state index is 0.470. The van der Waals surface area contributed by atoms with Gasteiger partial charge in [-0.05, 0) is 66.5 Å². The van der Waals surface area contributed by atoms with Crippen LogP contribution in [0.1, 0.15) is 61.2 Å². The van der Waals surface area contributed by atoms with E-state index in [9.17, 15) is 9.90 Å². The van der Waals surface area contributed by atoms with Crippen molar-refractivity contribution in [2.24, 2.45) is 11.8 Å². The van der Waals surface area contributed by atoms with Crippen molar-refractivity contribution >= 4 is 28.5 Å². The second-order valence-corrected chi connectivity index (χ2v) is 11.8. The maximum Gasteiger partial charge on any atom is 0.346 e. The van der Waals surface area contributed by atoms with Crippen LogP contribution >= 0.6 is 11.3 Å². The number of nitrogens with zero attached hydrogens (tertiary/aromatic N) is 4. The maximum absolute atomic E-state index is 12.4. The highest BCUT2D eigenvalue weighted by atomic mass is 32.1. The molecule has 4 heterocycles. The van der Waals surface area contributed by atoms with Crippen molar-refractivity contribution in [2.75, 3.05) is 19.6 Å². The highest BCUT2D eigenvalue weighted by Gasteiger charge is 2.30. The van der Waals surface area contributed by atoms with E-state index in [0.717, 1.165) is 64.9 Å². The summed E-state index contributed by atoms with van der Waals surface area (Å²) in [6.07, 6.45) is 9.55. The molecule has 1 fully saturated rings. The molecule has 0 bridgehead atoms. The number of rotatable bonds is 6. The Morgan fingerprint density at radius 3 is 2.58 bits per heavy atom. The number of carbonyl (C=O) groups is 1. The van der Waals surface area contributed by atoms with Gasteiger partial charge < -0.3 is 5.11 Å². The van der Waals surface area contributed by atoms with Gasteiger partial charge in [0.1, 0.15) is 4.88 Å². The van der Waals surface area contributed by atoms with Crippen molar-refractivity contribution in [2.45, 2.75) is 46.0 Å². The van der Waals surface area contributed by atoms with Crippen LogP contribution in [0.2, 0.25) is 0 Å². The number of hydrogen-bond donors (Lipinski definition) is 1. The van der Waals surface area contributed by atoms with Crippen LogP contribution < -0.4 is 0 Å². The summed E-state index contributed by atoms with van der Waals surface area (Å²) in [6.45, 7) is 7.58. The highest BCUT2D eigenvalue weighted by molar-refractivity contribution is 7.17. The Kier molecular flexibility index (Phi) is 6.89. The summed E-state index contributed by atoms with van der Waals surface area (Å²) in [4.78, 5) is 20.8. The summed E-state index contributed by atoms with van der Waals surface area (Å²) in [5.74, 6) is 0.537. The summed E-state index contributed by atoms with van der Waals surface area (Å²) in [6, 6.07) is 14.2. The zero-order valence-corrected chi connectivity index (χ0v) is 22.9. The van der Waals surface area contributed by atoms with Crippen LogP contribution in [-0.2, 0) is 0 Å². The second-order valence-electron chi connectivity index (χ2n) is 10.8.